The predicted octanol–water partition coefficient (Wildman–Crippen LogP) is 1.70. The maximum absolute atomic E-state index is 11.8. The van der Waals surface area contributed by atoms with Crippen LogP contribution in [0.4, 0.5) is 0 Å². The minimum atomic E-state index is -0.644. The lowest BCUT2D eigenvalue weighted by Gasteiger charge is -2.14. The van der Waals surface area contributed by atoms with E-state index in [1.165, 1.54) is 10.8 Å². The minimum Gasteiger partial charge on any atom is -0.292 e. The quantitative estimate of drug-likeness (QED) is 0.906. The fourth-order valence-electron chi connectivity index (χ4n) is 2.07. The molecule has 1 atom stereocenters. The highest BCUT2D eigenvalue weighted by Gasteiger charge is 2.15. The fraction of sp³-hybridized carbons (Fsp3) is 0.308. The Hall–Kier alpha value is -2.13. The molecule has 0 aliphatic rings. The molecule has 2 aromatic heterocycles. The van der Waals surface area contributed by atoms with Gasteiger partial charge in [0.1, 0.15) is 11.6 Å². The van der Waals surface area contributed by atoms with Crippen molar-refractivity contribution in [3.05, 3.63) is 54.0 Å². The van der Waals surface area contributed by atoms with Gasteiger partial charge < -0.3 is 0 Å². The molecule has 6 heteroatoms. The SMILES string of the molecule is Cc1cc(C(C)n2cc(C#N)c(=O)[nH]c2=O)c(C)s1. The van der Waals surface area contributed by atoms with Crippen LogP contribution < -0.4 is 11.2 Å². The molecular formula is C13H13N3O2S. The van der Waals surface area contributed by atoms with Crippen molar-refractivity contribution in [1.29, 1.82) is 5.26 Å². The average Bonchev–Trinajstić information content (AvgIpc) is 2.68. The number of nitriles is 1. The van der Waals surface area contributed by atoms with E-state index in [0.717, 1.165) is 15.3 Å². The molecule has 0 spiro atoms. The summed E-state index contributed by atoms with van der Waals surface area (Å²) < 4.78 is 1.38. The number of H-pyrrole nitrogens is 1. The summed E-state index contributed by atoms with van der Waals surface area (Å²) in [6.45, 7) is 5.87. The maximum atomic E-state index is 11.8. The Morgan fingerprint density at radius 2 is 2.11 bits per heavy atom. The van der Waals surface area contributed by atoms with E-state index in [-0.39, 0.29) is 11.6 Å². The van der Waals surface area contributed by atoms with Crippen LogP contribution >= 0.6 is 11.3 Å². The topological polar surface area (TPSA) is 78.7 Å². The molecule has 0 saturated heterocycles. The summed E-state index contributed by atoms with van der Waals surface area (Å²) in [5.74, 6) is 0. The molecule has 0 fully saturated rings. The maximum Gasteiger partial charge on any atom is 0.328 e. The number of aromatic amines is 1. The van der Waals surface area contributed by atoms with E-state index in [1.807, 2.05) is 26.8 Å². The number of thiophene rings is 1. The van der Waals surface area contributed by atoms with Gasteiger partial charge in [-0.3, -0.25) is 14.3 Å². The third kappa shape index (κ3) is 2.37. The summed E-state index contributed by atoms with van der Waals surface area (Å²) in [5.41, 5.74) is -0.175. The number of aryl methyl sites for hydroxylation is 2. The molecule has 0 aliphatic heterocycles. The molecule has 0 bridgehead atoms. The molecule has 1 N–H and O–H groups in total. The first-order valence-electron chi connectivity index (χ1n) is 5.76. The van der Waals surface area contributed by atoms with Gasteiger partial charge >= 0.3 is 5.69 Å². The molecule has 98 valence electrons. The number of nitrogens with one attached hydrogen (secondary N) is 1. The number of rotatable bonds is 2. The molecule has 0 radical (unpaired) electrons. The lowest BCUT2D eigenvalue weighted by atomic mass is 10.1. The van der Waals surface area contributed by atoms with Crippen LogP contribution in [0.5, 0.6) is 0 Å². The molecule has 5 nitrogen and oxygen atoms in total. The van der Waals surface area contributed by atoms with Crippen molar-refractivity contribution in [1.82, 2.24) is 9.55 Å². The Labute approximate surface area is 113 Å². The van der Waals surface area contributed by atoms with Crippen molar-refractivity contribution in [2.45, 2.75) is 26.8 Å². The van der Waals surface area contributed by atoms with Crippen molar-refractivity contribution in [2.24, 2.45) is 0 Å². The van der Waals surface area contributed by atoms with E-state index in [2.05, 4.69) is 4.98 Å². The summed E-state index contributed by atoms with van der Waals surface area (Å²) >= 11 is 1.66. The molecule has 2 aromatic rings. The standard InChI is InChI=1S/C13H13N3O2S/c1-7-4-11(9(3)19-7)8(2)16-6-10(5-14)12(17)15-13(16)18/h4,6,8H,1-3H3,(H,15,17,18). The lowest BCUT2D eigenvalue weighted by molar-refractivity contribution is 0.592. The second-order valence-corrected chi connectivity index (χ2v) is 5.83. The average molecular weight is 275 g/mol. The lowest BCUT2D eigenvalue weighted by Crippen LogP contribution is -2.33. The van der Waals surface area contributed by atoms with E-state index in [4.69, 9.17) is 5.26 Å². The monoisotopic (exact) mass is 275 g/mol. The van der Waals surface area contributed by atoms with Crippen molar-refractivity contribution in [2.75, 3.05) is 0 Å². The van der Waals surface area contributed by atoms with Crippen LogP contribution in [0.3, 0.4) is 0 Å². The Bertz CT molecular complexity index is 776. The zero-order chi connectivity index (χ0) is 14.2. The molecule has 1 unspecified atom stereocenters. The third-order valence-corrected chi connectivity index (χ3v) is 4.02. The van der Waals surface area contributed by atoms with Crippen molar-refractivity contribution < 1.29 is 0 Å². The van der Waals surface area contributed by atoms with Crippen molar-refractivity contribution >= 4 is 11.3 Å². The van der Waals surface area contributed by atoms with Crippen LogP contribution in [0.1, 0.15) is 33.8 Å². The van der Waals surface area contributed by atoms with Gasteiger partial charge in [-0.2, -0.15) is 5.26 Å². The zero-order valence-electron chi connectivity index (χ0n) is 10.9. The van der Waals surface area contributed by atoms with Crippen molar-refractivity contribution in [3.8, 4) is 6.07 Å². The first kappa shape index (κ1) is 13.3. The van der Waals surface area contributed by atoms with E-state index in [9.17, 15) is 9.59 Å². The highest BCUT2D eigenvalue weighted by atomic mass is 32.1. The van der Waals surface area contributed by atoms with E-state index < -0.39 is 11.2 Å². The summed E-state index contributed by atoms with van der Waals surface area (Å²) in [6, 6.07) is 3.59. The summed E-state index contributed by atoms with van der Waals surface area (Å²) in [5, 5.41) is 8.86. The van der Waals surface area contributed by atoms with E-state index in [0.29, 0.717) is 0 Å². The van der Waals surface area contributed by atoms with E-state index in [1.54, 1.807) is 17.4 Å². The molecule has 2 heterocycles. The van der Waals surface area contributed by atoms with Crippen LogP contribution in [0, 0.1) is 25.2 Å². The van der Waals surface area contributed by atoms with Crippen LogP contribution in [-0.4, -0.2) is 9.55 Å². The Balaban J connectivity index is 2.60. The highest BCUT2D eigenvalue weighted by molar-refractivity contribution is 7.12. The summed E-state index contributed by atoms with van der Waals surface area (Å²) in [6.07, 6.45) is 1.32. The minimum absolute atomic E-state index is 0.0592. The molecule has 0 saturated carbocycles. The molecule has 0 aromatic carbocycles. The van der Waals surface area contributed by atoms with Gasteiger partial charge in [-0.15, -0.1) is 11.3 Å². The number of aromatic nitrogens is 2. The van der Waals surface area contributed by atoms with Gasteiger partial charge in [-0.25, -0.2) is 4.79 Å². The van der Waals surface area contributed by atoms with Crippen LogP contribution in [0.25, 0.3) is 0 Å². The molecule has 19 heavy (non-hydrogen) atoms. The zero-order valence-corrected chi connectivity index (χ0v) is 11.7. The largest absolute Gasteiger partial charge is 0.328 e. The Morgan fingerprint density at radius 1 is 1.42 bits per heavy atom. The van der Waals surface area contributed by atoms with Crippen molar-refractivity contribution in [3.63, 3.8) is 0 Å². The van der Waals surface area contributed by atoms with Gasteiger partial charge in [-0.05, 0) is 32.4 Å². The first-order chi connectivity index (χ1) is 8.93. The molecular weight excluding hydrogens is 262 g/mol. The Kier molecular flexibility index (Phi) is 3.40. The molecule has 0 aliphatic carbocycles. The normalized spacial score (nSPS) is 12.1. The number of nitrogens with zero attached hydrogens (tertiary/aromatic N) is 2. The van der Waals surface area contributed by atoms with Gasteiger partial charge in [0.05, 0.1) is 6.04 Å². The Morgan fingerprint density at radius 3 is 2.63 bits per heavy atom. The molecule has 0 amide bonds. The van der Waals surface area contributed by atoms with Gasteiger partial charge in [0, 0.05) is 16.0 Å². The van der Waals surface area contributed by atoms with Crippen LogP contribution in [0.2, 0.25) is 0 Å². The summed E-state index contributed by atoms with van der Waals surface area (Å²) in [7, 11) is 0. The number of hydrogen-bond donors (Lipinski definition) is 1. The fourth-order valence-corrected chi connectivity index (χ4v) is 3.08. The summed E-state index contributed by atoms with van der Waals surface area (Å²) in [4.78, 5) is 27.7. The van der Waals surface area contributed by atoms with Crippen LogP contribution in [-0.2, 0) is 0 Å². The number of hydrogen-bond acceptors (Lipinski definition) is 4. The second kappa shape index (κ2) is 4.86. The smallest absolute Gasteiger partial charge is 0.292 e. The van der Waals surface area contributed by atoms with Gasteiger partial charge in [0.2, 0.25) is 0 Å². The van der Waals surface area contributed by atoms with Gasteiger partial charge in [-0.1, -0.05) is 0 Å². The highest BCUT2D eigenvalue weighted by Crippen LogP contribution is 2.27. The molecule has 2 rings (SSSR count). The predicted molar refractivity (Wildman–Crippen MR) is 73.6 cm³/mol. The van der Waals surface area contributed by atoms with Gasteiger partial charge in [0.15, 0.2) is 0 Å². The third-order valence-electron chi connectivity index (χ3n) is 3.03. The van der Waals surface area contributed by atoms with Gasteiger partial charge in [0.25, 0.3) is 5.56 Å². The second-order valence-electron chi connectivity index (χ2n) is 4.37. The van der Waals surface area contributed by atoms with E-state index >= 15 is 0 Å². The van der Waals surface area contributed by atoms with Crippen LogP contribution in [0.15, 0.2) is 21.9 Å². The first-order valence-corrected chi connectivity index (χ1v) is 6.58.